The Kier molecular flexibility index (Phi) is 7.42. The predicted octanol–water partition coefficient (Wildman–Crippen LogP) is 3.20. The first-order chi connectivity index (χ1) is 13.8. The lowest BCUT2D eigenvalue weighted by Gasteiger charge is -2.24. The first-order valence-corrected chi connectivity index (χ1v) is 12.4. The van der Waals surface area contributed by atoms with Crippen LogP contribution in [-0.2, 0) is 16.4 Å². The molecular weight excluding hydrogens is 426 g/mol. The van der Waals surface area contributed by atoms with Crippen LogP contribution in [0.1, 0.15) is 16.1 Å². The van der Waals surface area contributed by atoms with E-state index in [2.05, 4.69) is 14.9 Å². The maximum atomic E-state index is 12.9. The molecule has 0 saturated carbocycles. The van der Waals surface area contributed by atoms with Crippen molar-refractivity contribution in [1.82, 2.24) is 14.9 Å². The van der Waals surface area contributed by atoms with Gasteiger partial charge in [0.05, 0.1) is 17.0 Å². The van der Waals surface area contributed by atoms with Gasteiger partial charge >= 0.3 is 0 Å². The first-order valence-electron chi connectivity index (χ1n) is 9.07. The number of sulfonamides is 1. The summed E-state index contributed by atoms with van der Waals surface area (Å²) >= 11 is 2.82. The van der Waals surface area contributed by atoms with Crippen LogP contribution in [-0.4, -0.2) is 41.6 Å². The molecule has 1 aromatic heterocycles. The van der Waals surface area contributed by atoms with E-state index in [1.807, 2.05) is 44.2 Å². The van der Waals surface area contributed by atoms with Crippen LogP contribution in [0.2, 0.25) is 0 Å². The van der Waals surface area contributed by atoms with Crippen molar-refractivity contribution in [2.75, 3.05) is 5.75 Å². The molecule has 2 atom stereocenters. The molecule has 3 aromatic rings. The maximum Gasteiger partial charge on any atom is 0.240 e. The molecule has 29 heavy (non-hydrogen) atoms. The summed E-state index contributed by atoms with van der Waals surface area (Å²) in [4.78, 5) is 0.181. The summed E-state index contributed by atoms with van der Waals surface area (Å²) in [5.74, 6) is 0.308. The third kappa shape index (κ3) is 6.35. The molecule has 154 valence electrons. The van der Waals surface area contributed by atoms with Crippen LogP contribution in [0.5, 0.6) is 0 Å². The molecule has 0 radical (unpaired) electrons. The monoisotopic (exact) mass is 449 g/mol. The van der Waals surface area contributed by atoms with Crippen LogP contribution in [0, 0.1) is 13.8 Å². The van der Waals surface area contributed by atoms with Crippen molar-refractivity contribution in [1.29, 1.82) is 0 Å². The largest absolute Gasteiger partial charge is 0.391 e. The van der Waals surface area contributed by atoms with Crippen LogP contribution >= 0.6 is 23.1 Å². The normalized spacial score (nSPS) is 13.9. The SMILES string of the molecule is Cc1ccc(S(=O)(=O)N[C@@H](Cc2ccccc2)[C@H](O)CSc2nnc(C)s2)cc1. The number of thioether (sulfide) groups is 1. The van der Waals surface area contributed by atoms with E-state index < -0.39 is 22.2 Å². The fraction of sp³-hybridized carbons (Fsp3) is 0.300. The Balaban J connectivity index is 1.77. The zero-order chi connectivity index (χ0) is 20.9. The van der Waals surface area contributed by atoms with Crippen molar-refractivity contribution < 1.29 is 13.5 Å². The third-order valence-corrected chi connectivity index (χ3v) is 7.87. The Morgan fingerprint density at radius 3 is 2.38 bits per heavy atom. The average Bonchev–Trinajstić information content (AvgIpc) is 3.12. The summed E-state index contributed by atoms with van der Waals surface area (Å²) < 4.78 is 29.2. The van der Waals surface area contributed by atoms with Gasteiger partial charge in [-0.05, 0) is 38.0 Å². The fourth-order valence-electron chi connectivity index (χ4n) is 2.72. The van der Waals surface area contributed by atoms with Crippen molar-refractivity contribution in [3.63, 3.8) is 0 Å². The fourth-order valence-corrected chi connectivity index (χ4v) is 5.85. The standard InChI is InChI=1S/C20H23N3O3S3/c1-14-8-10-17(11-9-14)29(25,26)23-18(12-16-6-4-3-5-7-16)19(24)13-27-20-22-21-15(2)28-20/h3-11,18-19,23-24H,12-13H2,1-2H3/t18-,19+/m0/s1. The van der Waals surface area contributed by atoms with Crippen LogP contribution in [0.4, 0.5) is 0 Å². The highest BCUT2D eigenvalue weighted by atomic mass is 32.2. The smallest absolute Gasteiger partial charge is 0.240 e. The Hall–Kier alpha value is -1.78. The lowest BCUT2D eigenvalue weighted by atomic mass is 10.0. The van der Waals surface area contributed by atoms with Crippen molar-refractivity contribution in [3.8, 4) is 0 Å². The molecule has 0 fully saturated rings. The molecule has 3 rings (SSSR count). The second-order valence-electron chi connectivity index (χ2n) is 6.70. The second kappa shape index (κ2) is 9.82. The van der Waals surface area contributed by atoms with Gasteiger partial charge in [0.2, 0.25) is 10.0 Å². The summed E-state index contributed by atoms with van der Waals surface area (Å²) in [6.45, 7) is 3.77. The van der Waals surface area contributed by atoms with Crippen molar-refractivity contribution in [2.24, 2.45) is 0 Å². The van der Waals surface area contributed by atoms with Crippen molar-refractivity contribution in [3.05, 3.63) is 70.7 Å². The Morgan fingerprint density at radius 1 is 1.07 bits per heavy atom. The number of benzene rings is 2. The highest BCUT2D eigenvalue weighted by molar-refractivity contribution is 8.01. The molecule has 0 bridgehead atoms. The Labute approximate surface area is 179 Å². The molecule has 0 aliphatic heterocycles. The first kappa shape index (κ1) is 21.9. The minimum Gasteiger partial charge on any atom is -0.391 e. The average molecular weight is 450 g/mol. The maximum absolute atomic E-state index is 12.9. The number of rotatable bonds is 9. The molecule has 6 nitrogen and oxygen atoms in total. The lowest BCUT2D eigenvalue weighted by molar-refractivity contribution is 0.160. The number of hydrogen-bond donors (Lipinski definition) is 2. The molecule has 2 aromatic carbocycles. The number of hydrogen-bond acceptors (Lipinski definition) is 7. The lowest BCUT2D eigenvalue weighted by Crippen LogP contribution is -2.45. The molecule has 0 unspecified atom stereocenters. The number of aliphatic hydroxyl groups excluding tert-OH is 1. The van der Waals surface area contributed by atoms with Gasteiger partial charge in [0.25, 0.3) is 0 Å². The zero-order valence-electron chi connectivity index (χ0n) is 16.1. The molecule has 0 aliphatic rings. The van der Waals surface area contributed by atoms with Gasteiger partial charge in [-0.25, -0.2) is 13.1 Å². The number of aryl methyl sites for hydroxylation is 2. The van der Waals surface area contributed by atoms with Gasteiger partial charge in [-0.1, -0.05) is 71.1 Å². The van der Waals surface area contributed by atoms with E-state index in [1.165, 1.54) is 23.1 Å². The van der Waals surface area contributed by atoms with Crippen molar-refractivity contribution >= 4 is 33.1 Å². The second-order valence-corrected chi connectivity index (χ2v) is 10.9. The minimum absolute atomic E-state index is 0.181. The summed E-state index contributed by atoms with van der Waals surface area (Å²) in [5.41, 5.74) is 1.92. The number of aliphatic hydroxyl groups is 1. The van der Waals surface area contributed by atoms with Gasteiger partial charge in [0.15, 0.2) is 4.34 Å². The minimum atomic E-state index is -3.76. The van der Waals surface area contributed by atoms with Crippen molar-refractivity contribution in [2.45, 2.75) is 41.6 Å². The van der Waals surface area contributed by atoms with E-state index in [4.69, 9.17) is 0 Å². The third-order valence-electron chi connectivity index (χ3n) is 4.29. The number of aromatic nitrogens is 2. The molecule has 2 N–H and O–H groups in total. The quantitative estimate of drug-likeness (QED) is 0.488. The van der Waals surface area contributed by atoms with E-state index in [9.17, 15) is 13.5 Å². The molecule has 0 amide bonds. The van der Waals surface area contributed by atoms with Gasteiger partial charge in [0.1, 0.15) is 5.01 Å². The number of nitrogens with zero attached hydrogens (tertiary/aromatic N) is 2. The van der Waals surface area contributed by atoms with Gasteiger partial charge in [-0.15, -0.1) is 10.2 Å². The number of nitrogens with one attached hydrogen (secondary N) is 1. The summed E-state index contributed by atoms with van der Waals surface area (Å²) in [6.07, 6.45) is -0.521. The van der Waals surface area contributed by atoms with Crippen LogP contribution in [0.15, 0.2) is 63.8 Å². The highest BCUT2D eigenvalue weighted by Gasteiger charge is 2.26. The van der Waals surface area contributed by atoms with Crippen LogP contribution < -0.4 is 4.72 Å². The molecule has 0 aliphatic carbocycles. The van der Waals surface area contributed by atoms with Gasteiger partial charge in [0, 0.05) is 5.75 Å². The highest BCUT2D eigenvalue weighted by Crippen LogP contribution is 2.24. The van der Waals surface area contributed by atoms with E-state index in [0.29, 0.717) is 12.2 Å². The Morgan fingerprint density at radius 2 is 1.76 bits per heavy atom. The molecule has 9 heteroatoms. The van der Waals surface area contributed by atoms with Gasteiger partial charge in [-0.2, -0.15) is 0 Å². The van der Waals surface area contributed by atoms with E-state index in [1.54, 1.807) is 24.3 Å². The zero-order valence-corrected chi connectivity index (χ0v) is 18.6. The van der Waals surface area contributed by atoms with Gasteiger partial charge < -0.3 is 5.11 Å². The summed E-state index contributed by atoms with van der Waals surface area (Å²) in [5, 5.41) is 19.7. The van der Waals surface area contributed by atoms with E-state index in [0.717, 1.165) is 20.5 Å². The molecule has 1 heterocycles. The van der Waals surface area contributed by atoms with Crippen LogP contribution in [0.25, 0.3) is 0 Å². The molecule has 0 spiro atoms. The van der Waals surface area contributed by atoms with E-state index >= 15 is 0 Å². The van der Waals surface area contributed by atoms with E-state index in [-0.39, 0.29) is 4.90 Å². The molecule has 0 saturated heterocycles. The van der Waals surface area contributed by atoms with Gasteiger partial charge in [-0.3, -0.25) is 0 Å². The summed E-state index contributed by atoms with van der Waals surface area (Å²) in [7, 11) is -3.76. The summed E-state index contributed by atoms with van der Waals surface area (Å²) in [6, 6.07) is 15.5. The predicted molar refractivity (Wildman–Crippen MR) is 117 cm³/mol. The Bertz CT molecular complexity index is 1020. The molecular formula is C20H23N3O3S3. The topological polar surface area (TPSA) is 92.2 Å². The van der Waals surface area contributed by atoms with Crippen LogP contribution in [0.3, 0.4) is 0 Å².